The van der Waals surface area contributed by atoms with Crippen LogP contribution in [0.4, 0.5) is 15.9 Å². The highest BCUT2D eigenvalue weighted by Gasteiger charge is 2.29. The smallest absolute Gasteiger partial charge is 0.258 e. The van der Waals surface area contributed by atoms with E-state index in [1.807, 2.05) is 25.9 Å². The molecule has 0 fully saturated rings. The topological polar surface area (TPSA) is 66.0 Å². The maximum Gasteiger partial charge on any atom is 0.258 e. The number of amides is 1. The first kappa shape index (κ1) is 16.4. The van der Waals surface area contributed by atoms with E-state index in [4.69, 9.17) is 4.98 Å². The van der Waals surface area contributed by atoms with Gasteiger partial charge in [0, 0.05) is 39.0 Å². The zero-order valence-electron chi connectivity index (χ0n) is 14.9. The highest BCUT2D eigenvalue weighted by molar-refractivity contribution is 6.09. The highest BCUT2D eigenvalue weighted by atomic mass is 19.1. The number of fused-ring (bicyclic) bond motifs is 3. The van der Waals surface area contributed by atoms with E-state index in [1.165, 1.54) is 6.07 Å². The van der Waals surface area contributed by atoms with Crippen LogP contribution in [0.15, 0.2) is 30.5 Å². The molecule has 134 valence electrons. The second kappa shape index (κ2) is 6.01. The van der Waals surface area contributed by atoms with Crippen molar-refractivity contribution >= 4 is 17.4 Å². The van der Waals surface area contributed by atoms with Gasteiger partial charge in [0.25, 0.3) is 5.91 Å². The molecule has 0 saturated carbocycles. The van der Waals surface area contributed by atoms with Gasteiger partial charge in [0.05, 0.1) is 22.5 Å². The minimum absolute atomic E-state index is 0.164. The molecule has 1 amide bonds. The molecule has 3 aromatic rings. The van der Waals surface area contributed by atoms with Gasteiger partial charge < -0.3 is 19.8 Å². The third kappa shape index (κ3) is 2.47. The molecule has 26 heavy (non-hydrogen) atoms. The van der Waals surface area contributed by atoms with Gasteiger partial charge in [-0.15, -0.1) is 0 Å². The molecule has 2 aromatic heterocycles. The van der Waals surface area contributed by atoms with Gasteiger partial charge in [0.15, 0.2) is 0 Å². The lowest BCUT2D eigenvalue weighted by molar-refractivity contribution is 0.102. The summed E-state index contributed by atoms with van der Waals surface area (Å²) in [6, 6.07) is 6.14. The number of aromatic nitrogens is 3. The maximum atomic E-state index is 13.9. The van der Waals surface area contributed by atoms with Gasteiger partial charge in [-0.2, -0.15) is 0 Å². The number of aryl methyl sites for hydroxylation is 2. The number of anilines is 2. The lowest BCUT2D eigenvalue weighted by Gasteiger charge is -2.21. The lowest BCUT2D eigenvalue weighted by atomic mass is 10.0. The number of imidazole rings is 1. The number of benzene rings is 1. The quantitative estimate of drug-likeness (QED) is 0.760. The Morgan fingerprint density at radius 3 is 2.85 bits per heavy atom. The van der Waals surface area contributed by atoms with E-state index in [9.17, 15) is 9.18 Å². The van der Waals surface area contributed by atoms with Crippen molar-refractivity contribution < 1.29 is 9.18 Å². The van der Waals surface area contributed by atoms with Crippen molar-refractivity contribution in [1.29, 1.82) is 0 Å². The number of carbonyl (C=O) groups excluding carboxylic acids is 1. The molecule has 1 aliphatic rings. The first-order valence-corrected chi connectivity index (χ1v) is 8.48. The Hall–Kier alpha value is -3.09. The van der Waals surface area contributed by atoms with E-state index >= 15 is 0 Å². The third-order valence-electron chi connectivity index (χ3n) is 4.67. The van der Waals surface area contributed by atoms with E-state index in [-0.39, 0.29) is 11.6 Å². The van der Waals surface area contributed by atoms with Crippen LogP contribution < -0.4 is 10.2 Å². The summed E-state index contributed by atoms with van der Waals surface area (Å²) in [5, 5.41) is 2.66. The van der Waals surface area contributed by atoms with Gasteiger partial charge in [0.2, 0.25) is 0 Å². The van der Waals surface area contributed by atoms with Crippen molar-refractivity contribution in [3.63, 3.8) is 0 Å². The van der Waals surface area contributed by atoms with E-state index < -0.39 is 5.82 Å². The predicted molar refractivity (Wildman–Crippen MR) is 99.1 cm³/mol. The van der Waals surface area contributed by atoms with Crippen molar-refractivity contribution in [3.8, 4) is 11.4 Å². The molecular weight excluding hydrogens is 333 g/mol. The fourth-order valence-corrected chi connectivity index (χ4v) is 3.61. The molecular formula is C19H20FN5O. The summed E-state index contributed by atoms with van der Waals surface area (Å²) in [5.74, 6) is 0.991. The van der Waals surface area contributed by atoms with E-state index in [1.54, 1.807) is 24.4 Å². The molecule has 0 atom stereocenters. The van der Waals surface area contributed by atoms with Crippen LogP contribution in [-0.2, 0) is 13.0 Å². The van der Waals surface area contributed by atoms with Crippen molar-refractivity contribution in [2.75, 3.05) is 24.3 Å². The van der Waals surface area contributed by atoms with Crippen molar-refractivity contribution in [2.45, 2.75) is 19.9 Å². The van der Waals surface area contributed by atoms with Gasteiger partial charge in [-0.3, -0.25) is 4.79 Å². The Bertz CT molecular complexity index is 1000. The van der Waals surface area contributed by atoms with Gasteiger partial charge in [-0.1, -0.05) is 12.1 Å². The Morgan fingerprint density at radius 1 is 1.35 bits per heavy atom. The van der Waals surface area contributed by atoms with Crippen LogP contribution in [0, 0.1) is 12.7 Å². The van der Waals surface area contributed by atoms with E-state index in [2.05, 4.69) is 14.9 Å². The van der Waals surface area contributed by atoms with Gasteiger partial charge in [-0.05, 0) is 19.1 Å². The molecule has 0 bridgehead atoms. The second-order valence-corrected chi connectivity index (χ2v) is 6.63. The SMILES string of the molecule is Cc1nc2n(c1N(C)C)CCc1[nH]cc(C(=O)Nc3ccccc3F)c1-2. The Kier molecular flexibility index (Phi) is 3.79. The number of para-hydroxylation sites is 1. The molecule has 7 heteroatoms. The first-order valence-electron chi connectivity index (χ1n) is 8.48. The van der Waals surface area contributed by atoms with Gasteiger partial charge in [-0.25, -0.2) is 9.37 Å². The third-order valence-corrected chi connectivity index (χ3v) is 4.67. The summed E-state index contributed by atoms with van der Waals surface area (Å²) in [6.07, 6.45) is 2.46. The normalized spacial score (nSPS) is 12.5. The molecule has 3 heterocycles. The molecule has 0 radical (unpaired) electrons. The van der Waals surface area contributed by atoms with Gasteiger partial charge >= 0.3 is 0 Å². The minimum atomic E-state index is -0.461. The summed E-state index contributed by atoms with van der Waals surface area (Å²) < 4.78 is 16.0. The molecule has 0 spiro atoms. The molecule has 2 N–H and O–H groups in total. The highest BCUT2D eigenvalue weighted by Crippen LogP contribution is 2.36. The summed E-state index contributed by atoms with van der Waals surface area (Å²) >= 11 is 0. The van der Waals surface area contributed by atoms with Crippen molar-refractivity contribution in [3.05, 3.63) is 53.2 Å². The number of aromatic amines is 1. The summed E-state index contributed by atoms with van der Waals surface area (Å²) in [4.78, 5) is 22.7. The molecule has 1 aromatic carbocycles. The first-order chi connectivity index (χ1) is 12.5. The summed E-state index contributed by atoms with van der Waals surface area (Å²) in [7, 11) is 3.96. The van der Waals surface area contributed by atoms with E-state index in [0.717, 1.165) is 41.6 Å². The zero-order valence-corrected chi connectivity index (χ0v) is 14.9. The minimum Gasteiger partial charge on any atom is -0.364 e. The number of hydrogen-bond acceptors (Lipinski definition) is 3. The lowest BCUT2D eigenvalue weighted by Crippen LogP contribution is -2.20. The average Bonchev–Trinajstić information content (AvgIpc) is 3.16. The van der Waals surface area contributed by atoms with Crippen LogP contribution in [0.3, 0.4) is 0 Å². The summed E-state index contributed by atoms with van der Waals surface area (Å²) in [5.41, 5.74) is 3.32. The van der Waals surface area contributed by atoms with Crippen molar-refractivity contribution in [1.82, 2.24) is 14.5 Å². The fourth-order valence-electron chi connectivity index (χ4n) is 3.61. The van der Waals surface area contributed by atoms with Gasteiger partial charge in [0.1, 0.15) is 17.5 Å². The number of H-pyrrole nitrogens is 1. The molecule has 6 nitrogen and oxygen atoms in total. The average molecular weight is 353 g/mol. The van der Waals surface area contributed by atoms with Crippen LogP contribution in [0.5, 0.6) is 0 Å². The molecule has 0 unspecified atom stereocenters. The van der Waals surface area contributed by atoms with Crippen LogP contribution in [0.2, 0.25) is 0 Å². The second-order valence-electron chi connectivity index (χ2n) is 6.63. The predicted octanol–water partition coefficient (Wildman–Crippen LogP) is 3.20. The van der Waals surface area contributed by atoms with E-state index in [0.29, 0.717) is 5.56 Å². The van der Waals surface area contributed by atoms with Crippen molar-refractivity contribution in [2.24, 2.45) is 0 Å². The molecule has 0 aliphatic carbocycles. The van der Waals surface area contributed by atoms with Crippen LogP contribution in [-0.4, -0.2) is 34.5 Å². The Morgan fingerprint density at radius 2 is 2.12 bits per heavy atom. The number of halogens is 1. The number of nitrogens with zero attached hydrogens (tertiary/aromatic N) is 3. The molecule has 0 saturated heterocycles. The summed E-state index contributed by atoms with van der Waals surface area (Å²) in [6.45, 7) is 2.76. The number of nitrogens with one attached hydrogen (secondary N) is 2. The van der Waals surface area contributed by atoms with Crippen LogP contribution in [0.25, 0.3) is 11.4 Å². The molecule has 4 rings (SSSR count). The number of carbonyl (C=O) groups is 1. The monoisotopic (exact) mass is 353 g/mol. The Balaban J connectivity index is 1.76. The maximum absolute atomic E-state index is 13.9. The standard InChI is InChI=1S/C19H20FN5O/c1-11-19(24(2)3)25-9-8-15-16(17(25)22-11)12(10-21-15)18(26)23-14-7-5-4-6-13(14)20/h4-7,10,21H,8-9H2,1-3H3,(H,23,26). The zero-order chi connectivity index (χ0) is 18.4. The number of hydrogen-bond donors (Lipinski definition) is 2. The largest absolute Gasteiger partial charge is 0.364 e. The van der Waals surface area contributed by atoms with Crippen LogP contribution in [0.1, 0.15) is 21.7 Å². The number of rotatable bonds is 3. The molecule has 1 aliphatic heterocycles. The Labute approximate surface area is 150 Å². The fraction of sp³-hybridized carbons (Fsp3) is 0.263. The van der Waals surface area contributed by atoms with Crippen LogP contribution >= 0.6 is 0 Å².